The van der Waals surface area contributed by atoms with Crippen molar-refractivity contribution < 1.29 is 8.42 Å². The second-order valence-electron chi connectivity index (χ2n) is 6.73. The summed E-state index contributed by atoms with van der Waals surface area (Å²) in [7, 11) is -3.29. The van der Waals surface area contributed by atoms with E-state index in [1.165, 1.54) is 0 Å². The first-order valence-corrected chi connectivity index (χ1v) is 9.96. The number of hydrogen-bond acceptors (Lipinski definition) is 3. The Balaban J connectivity index is 1.79. The van der Waals surface area contributed by atoms with E-state index in [2.05, 4.69) is 23.9 Å². The van der Waals surface area contributed by atoms with E-state index in [4.69, 9.17) is 0 Å². The molecule has 21 heavy (non-hydrogen) atoms. The molecule has 2 fully saturated rings. The Morgan fingerprint density at radius 2 is 1.76 bits per heavy atom. The van der Waals surface area contributed by atoms with Crippen LogP contribution in [0.1, 0.15) is 58.8 Å². The molecule has 1 aliphatic heterocycles. The Morgan fingerprint density at radius 1 is 1.10 bits per heavy atom. The highest BCUT2D eigenvalue weighted by Crippen LogP contribution is 2.22. The largest absolute Gasteiger partial charge is 0.314 e. The fourth-order valence-electron chi connectivity index (χ4n) is 3.41. The fraction of sp³-hybridized carbons (Fsp3) is 1.00. The minimum atomic E-state index is -3.29. The number of hydrogen-bond donors (Lipinski definition) is 2. The molecule has 124 valence electrons. The molecule has 6 heteroatoms. The molecule has 0 bridgehead atoms. The maximum absolute atomic E-state index is 12.5. The van der Waals surface area contributed by atoms with Crippen LogP contribution in [0, 0.1) is 5.92 Å². The molecule has 1 saturated carbocycles. The van der Waals surface area contributed by atoms with Crippen LogP contribution in [0.4, 0.5) is 0 Å². The second-order valence-corrected chi connectivity index (χ2v) is 8.43. The lowest BCUT2D eigenvalue weighted by Gasteiger charge is -2.34. The van der Waals surface area contributed by atoms with Gasteiger partial charge < -0.3 is 5.32 Å². The molecule has 2 rings (SSSR count). The van der Waals surface area contributed by atoms with Crippen molar-refractivity contribution >= 4 is 10.2 Å². The number of rotatable bonds is 6. The molecule has 1 heterocycles. The van der Waals surface area contributed by atoms with Gasteiger partial charge in [-0.25, -0.2) is 0 Å². The van der Waals surface area contributed by atoms with Gasteiger partial charge in [0.25, 0.3) is 10.2 Å². The first kappa shape index (κ1) is 17.2. The van der Waals surface area contributed by atoms with Crippen molar-refractivity contribution in [3.05, 3.63) is 0 Å². The Bertz CT molecular complexity index is 405. The average Bonchev–Trinajstić information content (AvgIpc) is 2.46. The smallest absolute Gasteiger partial charge is 0.279 e. The quantitative estimate of drug-likeness (QED) is 0.786. The Kier molecular flexibility index (Phi) is 6.47. The molecular formula is C15H31N3O2S. The van der Waals surface area contributed by atoms with Crippen LogP contribution in [0.15, 0.2) is 0 Å². The third-order valence-corrected chi connectivity index (χ3v) is 6.33. The van der Waals surface area contributed by atoms with Gasteiger partial charge in [0.1, 0.15) is 0 Å². The van der Waals surface area contributed by atoms with Crippen LogP contribution in [0.25, 0.3) is 0 Å². The maximum Gasteiger partial charge on any atom is 0.279 e. The third kappa shape index (κ3) is 5.20. The highest BCUT2D eigenvalue weighted by molar-refractivity contribution is 7.87. The Hall–Kier alpha value is -0.170. The van der Waals surface area contributed by atoms with E-state index in [9.17, 15) is 8.42 Å². The molecule has 5 nitrogen and oxygen atoms in total. The van der Waals surface area contributed by atoms with Crippen LogP contribution >= 0.6 is 0 Å². The SMILES string of the molecule is CCCNC1CCC(NS(=O)(=O)N2CCCC(C)C2)CC1. The molecule has 2 N–H and O–H groups in total. The first-order valence-electron chi connectivity index (χ1n) is 8.52. The van der Waals surface area contributed by atoms with E-state index in [1.807, 2.05) is 0 Å². The summed E-state index contributed by atoms with van der Waals surface area (Å²) >= 11 is 0. The fourth-order valence-corrected chi connectivity index (χ4v) is 5.04. The molecule has 0 aromatic heterocycles. The van der Waals surface area contributed by atoms with Crippen LogP contribution in [-0.2, 0) is 10.2 Å². The van der Waals surface area contributed by atoms with E-state index in [0.717, 1.165) is 51.5 Å². The predicted octanol–water partition coefficient (Wildman–Crippen LogP) is 1.86. The van der Waals surface area contributed by atoms with Crippen molar-refractivity contribution in [3.63, 3.8) is 0 Å². The van der Waals surface area contributed by atoms with Gasteiger partial charge in [-0.15, -0.1) is 0 Å². The zero-order chi connectivity index (χ0) is 15.3. The van der Waals surface area contributed by atoms with Crippen molar-refractivity contribution in [2.75, 3.05) is 19.6 Å². The van der Waals surface area contributed by atoms with Gasteiger partial charge in [0.2, 0.25) is 0 Å². The molecule has 1 saturated heterocycles. The summed E-state index contributed by atoms with van der Waals surface area (Å²) in [5, 5.41) is 3.54. The van der Waals surface area contributed by atoms with Gasteiger partial charge in [0, 0.05) is 25.2 Å². The van der Waals surface area contributed by atoms with E-state index < -0.39 is 10.2 Å². The van der Waals surface area contributed by atoms with Crippen LogP contribution < -0.4 is 10.0 Å². The summed E-state index contributed by atoms with van der Waals surface area (Å²) < 4.78 is 29.5. The summed E-state index contributed by atoms with van der Waals surface area (Å²) in [5.41, 5.74) is 0. The lowest BCUT2D eigenvalue weighted by Crippen LogP contribution is -2.50. The van der Waals surface area contributed by atoms with Crippen molar-refractivity contribution in [2.24, 2.45) is 5.92 Å². The van der Waals surface area contributed by atoms with Crippen LogP contribution in [0.5, 0.6) is 0 Å². The molecular weight excluding hydrogens is 286 g/mol. The predicted molar refractivity (Wildman–Crippen MR) is 86.4 cm³/mol. The second kappa shape index (κ2) is 7.90. The molecule has 0 aromatic rings. The number of nitrogens with zero attached hydrogens (tertiary/aromatic N) is 1. The van der Waals surface area contributed by atoms with Gasteiger partial charge in [0.15, 0.2) is 0 Å². The summed E-state index contributed by atoms with van der Waals surface area (Å²) in [5.74, 6) is 0.476. The van der Waals surface area contributed by atoms with E-state index in [1.54, 1.807) is 4.31 Å². The summed E-state index contributed by atoms with van der Waals surface area (Å²) in [4.78, 5) is 0. The minimum Gasteiger partial charge on any atom is -0.314 e. The molecule has 1 aliphatic carbocycles. The molecule has 0 aromatic carbocycles. The Labute approximate surface area is 130 Å². The normalized spacial score (nSPS) is 32.2. The van der Waals surface area contributed by atoms with Crippen molar-refractivity contribution in [1.29, 1.82) is 0 Å². The molecule has 1 atom stereocenters. The minimum absolute atomic E-state index is 0.118. The van der Waals surface area contributed by atoms with Crippen molar-refractivity contribution in [1.82, 2.24) is 14.3 Å². The van der Waals surface area contributed by atoms with Crippen LogP contribution in [0.3, 0.4) is 0 Å². The highest BCUT2D eigenvalue weighted by Gasteiger charge is 2.30. The topological polar surface area (TPSA) is 61.4 Å². The van der Waals surface area contributed by atoms with Gasteiger partial charge in [0.05, 0.1) is 0 Å². The zero-order valence-electron chi connectivity index (χ0n) is 13.5. The van der Waals surface area contributed by atoms with Crippen LogP contribution in [0.2, 0.25) is 0 Å². The maximum atomic E-state index is 12.5. The lowest BCUT2D eigenvalue weighted by atomic mass is 9.92. The monoisotopic (exact) mass is 317 g/mol. The summed E-state index contributed by atoms with van der Waals surface area (Å²) in [6.45, 7) is 6.71. The van der Waals surface area contributed by atoms with Gasteiger partial charge in [-0.1, -0.05) is 13.8 Å². The van der Waals surface area contributed by atoms with Gasteiger partial charge in [-0.2, -0.15) is 17.4 Å². The lowest BCUT2D eigenvalue weighted by molar-refractivity contribution is 0.270. The van der Waals surface area contributed by atoms with Crippen molar-refractivity contribution in [2.45, 2.75) is 70.9 Å². The van der Waals surface area contributed by atoms with Crippen LogP contribution in [-0.4, -0.2) is 44.4 Å². The number of nitrogens with one attached hydrogen (secondary N) is 2. The highest BCUT2D eigenvalue weighted by atomic mass is 32.2. The van der Waals surface area contributed by atoms with E-state index in [0.29, 0.717) is 25.0 Å². The molecule has 2 aliphatic rings. The molecule has 1 unspecified atom stereocenters. The molecule has 0 spiro atoms. The third-order valence-electron chi connectivity index (χ3n) is 4.69. The zero-order valence-corrected chi connectivity index (χ0v) is 14.3. The number of piperidine rings is 1. The van der Waals surface area contributed by atoms with E-state index >= 15 is 0 Å². The standard InChI is InChI=1S/C15H31N3O2S/c1-3-10-16-14-6-8-15(9-7-14)17-21(19,20)18-11-4-5-13(2)12-18/h13-17H,3-12H2,1-2H3. The van der Waals surface area contributed by atoms with Gasteiger partial charge in [-0.05, 0) is 57.4 Å². The summed E-state index contributed by atoms with van der Waals surface area (Å²) in [6, 6.07) is 0.688. The van der Waals surface area contributed by atoms with Gasteiger partial charge >= 0.3 is 0 Å². The van der Waals surface area contributed by atoms with Crippen molar-refractivity contribution in [3.8, 4) is 0 Å². The Morgan fingerprint density at radius 3 is 2.38 bits per heavy atom. The van der Waals surface area contributed by atoms with Gasteiger partial charge in [-0.3, -0.25) is 0 Å². The van der Waals surface area contributed by atoms with E-state index in [-0.39, 0.29) is 6.04 Å². The molecule has 0 amide bonds. The summed E-state index contributed by atoms with van der Waals surface area (Å²) in [6.07, 6.45) is 7.32. The average molecular weight is 317 g/mol. The molecule has 0 radical (unpaired) electrons. The first-order chi connectivity index (χ1) is 10.0.